The number of nitrogens with one attached hydrogen (secondary N) is 2. The Morgan fingerprint density at radius 1 is 1.47 bits per heavy atom. The minimum Gasteiger partial charge on any atom is -0.355 e. The van der Waals surface area contributed by atoms with Crippen LogP contribution in [0.1, 0.15) is 25.7 Å². The van der Waals surface area contributed by atoms with Crippen molar-refractivity contribution in [1.29, 1.82) is 0 Å². The van der Waals surface area contributed by atoms with Crippen molar-refractivity contribution in [3.63, 3.8) is 0 Å². The van der Waals surface area contributed by atoms with Gasteiger partial charge in [0.05, 0.1) is 6.04 Å². The van der Waals surface area contributed by atoms with Crippen LogP contribution in [-0.4, -0.2) is 34.8 Å². The maximum absolute atomic E-state index is 12.2. The van der Waals surface area contributed by atoms with Crippen LogP contribution in [0.3, 0.4) is 0 Å². The molecule has 2 fully saturated rings. The number of aromatic nitrogens is 2. The highest BCUT2D eigenvalue weighted by atomic mass is 16.2. The molecule has 1 amide bonds. The number of amides is 1. The van der Waals surface area contributed by atoms with Gasteiger partial charge in [-0.25, -0.2) is 0 Å². The van der Waals surface area contributed by atoms with E-state index >= 15 is 0 Å². The number of carbonyl (C=O) groups is 1. The molecule has 2 N–H and O–H groups in total. The Hall–Kier alpha value is -1.36. The van der Waals surface area contributed by atoms with Crippen LogP contribution in [0.15, 0.2) is 18.5 Å². The van der Waals surface area contributed by atoms with E-state index in [-0.39, 0.29) is 11.9 Å². The summed E-state index contributed by atoms with van der Waals surface area (Å²) in [6, 6.07) is 1.97. The topological polar surface area (TPSA) is 59.0 Å². The third kappa shape index (κ3) is 2.81. The minimum absolute atomic E-state index is 0.0530. The fraction of sp³-hybridized carbons (Fsp3) is 0.714. The van der Waals surface area contributed by atoms with E-state index in [0.717, 1.165) is 32.0 Å². The van der Waals surface area contributed by atoms with Crippen molar-refractivity contribution in [3.05, 3.63) is 18.5 Å². The van der Waals surface area contributed by atoms with Crippen LogP contribution in [0.4, 0.5) is 0 Å². The Balaban J connectivity index is 1.39. The first-order chi connectivity index (χ1) is 9.34. The molecule has 5 heteroatoms. The van der Waals surface area contributed by atoms with Gasteiger partial charge in [0.25, 0.3) is 0 Å². The van der Waals surface area contributed by atoms with Gasteiger partial charge in [-0.15, -0.1) is 0 Å². The summed E-state index contributed by atoms with van der Waals surface area (Å²) in [6.45, 7) is 2.61. The molecule has 3 rings (SSSR count). The molecule has 3 unspecified atom stereocenters. The van der Waals surface area contributed by atoms with Crippen LogP contribution in [-0.2, 0) is 11.3 Å². The van der Waals surface area contributed by atoms with E-state index < -0.39 is 0 Å². The number of hydrogen-bond donors (Lipinski definition) is 2. The van der Waals surface area contributed by atoms with Crippen LogP contribution in [0, 0.1) is 11.8 Å². The van der Waals surface area contributed by atoms with Crippen molar-refractivity contribution in [1.82, 2.24) is 20.4 Å². The van der Waals surface area contributed by atoms with Gasteiger partial charge in [0.15, 0.2) is 0 Å². The molecule has 2 aliphatic rings. The Kier molecular flexibility index (Phi) is 3.82. The predicted molar refractivity (Wildman–Crippen MR) is 72.5 cm³/mol. The molecular formula is C14H22N4O. The third-order valence-electron chi connectivity index (χ3n) is 4.45. The lowest BCUT2D eigenvalue weighted by Crippen LogP contribution is -2.44. The SMILES string of the molecule is O=C(NCCCn1cccn1)C1NCC2CCCC21. The van der Waals surface area contributed by atoms with Crippen LogP contribution in [0.2, 0.25) is 0 Å². The Morgan fingerprint density at radius 3 is 3.26 bits per heavy atom. The highest BCUT2D eigenvalue weighted by Gasteiger charge is 2.42. The lowest BCUT2D eigenvalue weighted by Gasteiger charge is -2.17. The van der Waals surface area contributed by atoms with E-state index in [1.165, 1.54) is 19.3 Å². The van der Waals surface area contributed by atoms with Gasteiger partial charge >= 0.3 is 0 Å². The van der Waals surface area contributed by atoms with Gasteiger partial charge in [-0.1, -0.05) is 6.42 Å². The molecule has 1 saturated heterocycles. The first kappa shape index (κ1) is 12.7. The smallest absolute Gasteiger partial charge is 0.237 e. The number of fused-ring (bicyclic) bond motifs is 1. The second-order valence-corrected chi connectivity index (χ2v) is 5.65. The molecule has 1 aromatic heterocycles. The van der Waals surface area contributed by atoms with Gasteiger partial charge in [0.2, 0.25) is 5.91 Å². The second kappa shape index (κ2) is 5.74. The van der Waals surface area contributed by atoms with Gasteiger partial charge in [0.1, 0.15) is 0 Å². The molecule has 5 nitrogen and oxygen atoms in total. The number of nitrogens with zero attached hydrogens (tertiary/aromatic N) is 2. The summed E-state index contributed by atoms with van der Waals surface area (Å²) in [5, 5.41) is 10.6. The number of carbonyl (C=O) groups excluding carboxylic acids is 1. The molecule has 19 heavy (non-hydrogen) atoms. The molecule has 0 radical (unpaired) electrons. The summed E-state index contributed by atoms with van der Waals surface area (Å²) < 4.78 is 1.90. The number of hydrogen-bond acceptors (Lipinski definition) is 3. The van der Waals surface area contributed by atoms with E-state index in [4.69, 9.17) is 0 Å². The van der Waals surface area contributed by atoms with Crippen molar-refractivity contribution < 1.29 is 4.79 Å². The zero-order valence-corrected chi connectivity index (χ0v) is 11.2. The molecular weight excluding hydrogens is 240 g/mol. The van der Waals surface area contributed by atoms with Crippen LogP contribution in [0.25, 0.3) is 0 Å². The summed E-state index contributed by atoms with van der Waals surface area (Å²) in [5.74, 6) is 1.50. The monoisotopic (exact) mass is 262 g/mol. The quantitative estimate of drug-likeness (QED) is 0.771. The van der Waals surface area contributed by atoms with E-state index in [1.807, 2.05) is 16.9 Å². The summed E-state index contributed by atoms with van der Waals surface area (Å²) in [6.07, 6.45) is 8.45. The van der Waals surface area contributed by atoms with Crippen molar-refractivity contribution in [2.75, 3.05) is 13.1 Å². The maximum atomic E-state index is 12.2. The summed E-state index contributed by atoms with van der Waals surface area (Å²) in [4.78, 5) is 12.2. The second-order valence-electron chi connectivity index (χ2n) is 5.65. The first-order valence-electron chi connectivity index (χ1n) is 7.33. The summed E-state index contributed by atoms with van der Waals surface area (Å²) in [7, 11) is 0. The fourth-order valence-corrected chi connectivity index (χ4v) is 3.47. The highest BCUT2D eigenvalue weighted by Crippen LogP contribution is 2.37. The maximum Gasteiger partial charge on any atom is 0.237 e. The average molecular weight is 262 g/mol. The fourth-order valence-electron chi connectivity index (χ4n) is 3.47. The molecule has 104 valence electrons. The van der Waals surface area contributed by atoms with E-state index in [0.29, 0.717) is 5.92 Å². The van der Waals surface area contributed by atoms with Gasteiger partial charge in [-0.05, 0) is 43.7 Å². The summed E-state index contributed by atoms with van der Waals surface area (Å²) in [5.41, 5.74) is 0. The van der Waals surface area contributed by atoms with Gasteiger partial charge in [0, 0.05) is 25.5 Å². The van der Waals surface area contributed by atoms with Crippen molar-refractivity contribution in [3.8, 4) is 0 Å². The highest BCUT2D eigenvalue weighted by molar-refractivity contribution is 5.82. The number of rotatable bonds is 5. The zero-order valence-electron chi connectivity index (χ0n) is 11.2. The van der Waals surface area contributed by atoms with Gasteiger partial charge in [-0.3, -0.25) is 9.48 Å². The third-order valence-corrected chi connectivity index (χ3v) is 4.45. The van der Waals surface area contributed by atoms with Crippen molar-refractivity contribution in [2.45, 2.75) is 38.3 Å². The van der Waals surface area contributed by atoms with Crippen LogP contribution in [0.5, 0.6) is 0 Å². The molecule has 1 aromatic rings. The Labute approximate surface area is 113 Å². The average Bonchev–Trinajstić information content (AvgIpc) is 3.10. The lowest BCUT2D eigenvalue weighted by molar-refractivity contribution is -0.123. The Morgan fingerprint density at radius 2 is 2.42 bits per heavy atom. The van der Waals surface area contributed by atoms with Gasteiger partial charge < -0.3 is 10.6 Å². The first-order valence-corrected chi connectivity index (χ1v) is 7.33. The minimum atomic E-state index is 0.0530. The molecule has 1 saturated carbocycles. The molecule has 0 aromatic carbocycles. The predicted octanol–water partition coefficient (Wildman–Crippen LogP) is 0.777. The van der Waals surface area contributed by atoms with Gasteiger partial charge in [-0.2, -0.15) is 5.10 Å². The van der Waals surface area contributed by atoms with E-state index in [9.17, 15) is 4.79 Å². The van der Waals surface area contributed by atoms with Crippen molar-refractivity contribution in [2.24, 2.45) is 11.8 Å². The van der Waals surface area contributed by atoms with E-state index in [2.05, 4.69) is 15.7 Å². The normalized spacial score (nSPS) is 29.4. The van der Waals surface area contributed by atoms with E-state index in [1.54, 1.807) is 6.20 Å². The lowest BCUT2D eigenvalue weighted by atomic mass is 9.93. The molecule has 3 atom stereocenters. The molecule has 0 bridgehead atoms. The standard InChI is InChI=1S/C14H22N4O/c19-14(13-12-5-1-4-11(12)10-16-13)15-6-2-8-18-9-3-7-17-18/h3,7,9,11-13,16H,1-2,4-6,8,10H2,(H,15,19). The van der Waals surface area contributed by atoms with Crippen molar-refractivity contribution >= 4 is 5.91 Å². The molecule has 2 heterocycles. The number of aryl methyl sites for hydroxylation is 1. The van der Waals surface area contributed by atoms with Crippen LogP contribution >= 0.6 is 0 Å². The molecule has 1 aliphatic carbocycles. The molecule has 1 aliphatic heterocycles. The molecule has 0 spiro atoms. The largest absolute Gasteiger partial charge is 0.355 e. The van der Waals surface area contributed by atoms with Crippen LogP contribution < -0.4 is 10.6 Å². The zero-order chi connectivity index (χ0) is 13.1. The Bertz CT molecular complexity index is 417. The summed E-state index contributed by atoms with van der Waals surface area (Å²) >= 11 is 0.